The minimum absolute atomic E-state index is 0.0821. The summed E-state index contributed by atoms with van der Waals surface area (Å²) in [5.41, 5.74) is 5.86. The van der Waals surface area contributed by atoms with Crippen LogP contribution in [0.3, 0.4) is 0 Å². The van der Waals surface area contributed by atoms with Crippen molar-refractivity contribution in [3.8, 4) is 0 Å². The van der Waals surface area contributed by atoms with Crippen LogP contribution in [-0.4, -0.2) is 11.9 Å². The first-order valence-corrected chi connectivity index (χ1v) is 5.81. The van der Waals surface area contributed by atoms with Crippen LogP contribution in [-0.2, 0) is 11.3 Å². The van der Waals surface area contributed by atoms with Crippen LogP contribution in [0, 0.1) is 5.92 Å². The molecule has 1 amide bonds. The Labute approximate surface area is 95.2 Å². The van der Waals surface area contributed by atoms with Crippen molar-refractivity contribution in [2.75, 3.05) is 0 Å². The largest absolute Gasteiger partial charge is 0.467 e. The summed E-state index contributed by atoms with van der Waals surface area (Å²) in [5, 5.41) is 2.89. The third-order valence-electron chi connectivity index (χ3n) is 3.10. The highest BCUT2D eigenvalue weighted by molar-refractivity contribution is 5.78. The third-order valence-corrected chi connectivity index (χ3v) is 3.10. The quantitative estimate of drug-likeness (QED) is 0.812. The van der Waals surface area contributed by atoms with Gasteiger partial charge in [-0.3, -0.25) is 4.79 Å². The van der Waals surface area contributed by atoms with Gasteiger partial charge in [-0.25, -0.2) is 0 Å². The lowest BCUT2D eigenvalue weighted by molar-refractivity contribution is -0.126. The van der Waals surface area contributed by atoms with E-state index >= 15 is 0 Å². The van der Waals surface area contributed by atoms with E-state index in [0.717, 1.165) is 31.4 Å². The SMILES string of the molecule is NC1CCCC(C(=O)NCc2ccco2)C1. The maximum Gasteiger partial charge on any atom is 0.223 e. The van der Waals surface area contributed by atoms with Crippen LogP contribution in [0.1, 0.15) is 31.4 Å². The normalized spacial score (nSPS) is 25.3. The predicted octanol–water partition coefficient (Wildman–Crippen LogP) is 1.41. The summed E-state index contributed by atoms with van der Waals surface area (Å²) in [6.07, 6.45) is 5.47. The minimum atomic E-state index is 0.0821. The van der Waals surface area contributed by atoms with Gasteiger partial charge < -0.3 is 15.5 Å². The van der Waals surface area contributed by atoms with Gasteiger partial charge in [-0.05, 0) is 31.4 Å². The summed E-state index contributed by atoms with van der Waals surface area (Å²) >= 11 is 0. The van der Waals surface area contributed by atoms with Crippen LogP contribution >= 0.6 is 0 Å². The zero-order chi connectivity index (χ0) is 11.4. The summed E-state index contributed by atoms with van der Waals surface area (Å²) in [4.78, 5) is 11.8. The Morgan fingerprint density at radius 1 is 1.56 bits per heavy atom. The number of hydrogen-bond donors (Lipinski definition) is 2. The molecule has 0 spiro atoms. The Morgan fingerprint density at radius 2 is 2.44 bits per heavy atom. The van der Waals surface area contributed by atoms with Gasteiger partial charge in [-0.1, -0.05) is 6.42 Å². The zero-order valence-corrected chi connectivity index (χ0v) is 9.32. The molecule has 0 aliphatic heterocycles. The second-order valence-electron chi connectivity index (χ2n) is 4.42. The van der Waals surface area contributed by atoms with E-state index in [1.165, 1.54) is 0 Å². The second-order valence-corrected chi connectivity index (χ2v) is 4.42. The molecule has 0 radical (unpaired) electrons. The van der Waals surface area contributed by atoms with E-state index in [9.17, 15) is 4.79 Å². The molecule has 0 aromatic carbocycles. The Morgan fingerprint density at radius 3 is 3.12 bits per heavy atom. The van der Waals surface area contributed by atoms with Crippen LogP contribution in [0.25, 0.3) is 0 Å². The zero-order valence-electron chi connectivity index (χ0n) is 9.32. The Hall–Kier alpha value is -1.29. The van der Waals surface area contributed by atoms with Crippen molar-refractivity contribution in [2.45, 2.75) is 38.3 Å². The minimum Gasteiger partial charge on any atom is -0.467 e. The Balaban J connectivity index is 1.79. The lowest BCUT2D eigenvalue weighted by atomic mass is 9.85. The van der Waals surface area contributed by atoms with Gasteiger partial charge in [-0.2, -0.15) is 0 Å². The molecule has 0 saturated heterocycles. The van der Waals surface area contributed by atoms with Gasteiger partial charge in [0, 0.05) is 12.0 Å². The Kier molecular flexibility index (Phi) is 3.62. The molecule has 0 bridgehead atoms. The molecule has 1 aliphatic rings. The Bertz CT molecular complexity index is 335. The number of carbonyl (C=O) groups is 1. The number of furan rings is 1. The first-order valence-electron chi connectivity index (χ1n) is 5.81. The van der Waals surface area contributed by atoms with Crippen molar-refractivity contribution in [3.05, 3.63) is 24.2 Å². The van der Waals surface area contributed by atoms with Crippen LogP contribution in [0.5, 0.6) is 0 Å². The summed E-state index contributed by atoms with van der Waals surface area (Å²) in [6, 6.07) is 3.86. The highest BCUT2D eigenvalue weighted by Gasteiger charge is 2.24. The summed E-state index contributed by atoms with van der Waals surface area (Å²) in [7, 11) is 0. The molecule has 1 saturated carbocycles. The maximum atomic E-state index is 11.8. The molecule has 88 valence electrons. The van der Waals surface area contributed by atoms with Crippen LogP contribution in [0.15, 0.2) is 22.8 Å². The molecular weight excluding hydrogens is 204 g/mol. The first-order chi connectivity index (χ1) is 7.75. The van der Waals surface area contributed by atoms with Crippen molar-refractivity contribution in [3.63, 3.8) is 0 Å². The molecule has 3 N–H and O–H groups in total. The monoisotopic (exact) mass is 222 g/mol. The van der Waals surface area contributed by atoms with Gasteiger partial charge in [-0.15, -0.1) is 0 Å². The van der Waals surface area contributed by atoms with E-state index in [1.807, 2.05) is 12.1 Å². The van der Waals surface area contributed by atoms with E-state index in [2.05, 4.69) is 5.32 Å². The van der Waals surface area contributed by atoms with Crippen molar-refractivity contribution in [1.82, 2.24) is 5.32 Å². The average molecular weight is 222 g/mol. The lowest BCUT2D eigenvalue weighted by Crippen LogP contribution is -2.37. The standard InChI is InChI=1S/C12H18N2O2/c13-10-4-1-3-9(7-10)12(15)14-8-11-5-2-6-16-11/h2,5-6,9-10H,1,3-4,7-8,13H2,(H,14,15). The van der Waals surface area contributed by atoms with E-state index in [4.69, 9.17) is 10.2 Å². The van der Waals surface area contributed by atoms with Gasteiger partial charge in [0.2, 0.25) is 5.91 Å². The van der Waals surface area contributed by atoms with E-state index in [0.29, 0.717) is 6.54 Å². The predicted molar refractivity (Wildman–Crippen MR) is 60.5 cm³/mol. The van der Waals surface area contributed by atoms with Crippen molar-refractivity contribution in [1.29, 1.82) is 0 Å². The number of hydrogen-bond acceptors (Lipinski definition) is 3. The second kappa shape index (κ2) is 5.16. The first kappa shape index (κ1) is 11.2. The molecular formula is C12H18N2O2. The number of nitrogens with one attached hydrogen (secondary N) is 1. The van der Waals surface area contributed by atoms with Gasteiger partial charge in [0.25, 0.3) is 0 Å². The number of carbonyl (C=O) groups excluding carboxylic acids is 1. The number of rotatable bonds is 3. The molecule has 1 aromatic rings. The van der Waals surface area contributed by atoms with Crippen molar-refractivity contribution in [2.24, 2.45) is 11.7 Å². The highest BCUT2D eigenvalue weighted by atomic mass is 16.3. The molecule has 1 fully saturated rings. The fourth-order valence-corrected chi connectivity index (χ4v) is 2.20. The summed E-state index contributed by atoms with van der Waals surface area (Å²) in [6.45, 7) is 0.470. The van der Waals surface area contributed by atoms with Gasteiger partial charge >= 0.3 is 0 Å². The third kappa shape index (κ3) is 2.85. The fraction of sp³-hybridized carbons (Fsp3) is 0.583. The molecule has 4 heteroatoms. The lowest BCUT2D eigenvalue weighted by Gasteiger charge is -2.25. The molecule has 1 aromatic heterocycles. The highest BCUT2D eigenvalue weighted by Crippen LogP contribution is 2.23. The van der Waals surface area contributed by atoms with Crippen LogP contribution in [0.2, 0.25) is 0 Å². The van der Waals surface area contributed by atoms with Crippen molar-refractivity contribution >= 4 is 5.91 Å². The summed E-state index contributed by atoms with van der Waals surface area (Å²) < 4.78 is 5.15. The fourth-order valence-electron chi connectivity index (χ4n) is 2.20. The molecule has 2 atom stereocenters. The van der Waals surface area contributed by atoms with Crippen LogP contribution < -0.4 is 11.1 Å². The maximum absolute atomic E-state index is 11.8. The van der Waals surface area contributed by atoms with E-state index in [1.54, 1.807) is 6.26 Å². The molecule has 1 aliphatic carbocycles. The van der Waals surface area contributed by atoms with E-state index in [-0.39, 0.29) is 17.9 Å². The molecule has 1 heterocycles. The smallest absolute Gasteiger partial charge is 0.223 e. The van der Waals surface area contributed by atoms with Gasteiger partial charge in [0.1, 0.15) is 5.76 Å². The molecule has 2 rings (SSSR count). The average Bonchev–Trinajstić information content (AvgIpc) is 2.78. The van der Waals surface area contributed by atoms with E-state index < -0.39 is 0 Å². The number of amides is 1. The van der Waals surface area contributed by atoms with Crippen LogP contribution in [0.4, 0.5) is 0 Å². The number of nitrogens with two attached hydrogens (primary N) is 1. The van der Waals surface area contributed by atoms with Gasteiger partial charge in [0.15, 0.2) is 0 Å². The van der Waals surface area contributed by atoms with Gasteiger partial charge in [0.05, 0.1) is 12.8 Å². The molecule has 2 unspecified atom stereocenters. The topological polar surface area (TPSA) is 68.3 Å². The molecule has 16 heavy (non-hydrogen) atoms. The van der Waals surface area contributed by atoms with Crippen molar-refractivity contribution < 1.29 is 9.21 Å². The summed E-state index contributed by atoms with van der Waals surface area (Å²) in [5.74, 6) is 0.971. The molecule has 4 nitrogen and oxygen atoms in total.